The number of anilines is 1. The first kappa shape index (κ1) is 14.1. The predicted octanol–water partition coefficient (Wildman–Crippen LogP) is 2.80. The lowest BCUT2D eigenvalue weighted by Gasteiger charge is -2.27. The van der Waals surface area contributed by atoms with Gasteiger partial charge in [-0.05, 0) is 60.7 Å². The quantitative estimate of drug-likeness (QED) is 0.854. The van der Waals surface area contributed by atoms with Gasteiger partial charge in [0.05, 0.1) is 0 Å². The predicted molar refractivity (Wildman–Crippen MR) is 87.7 cm³/mol. The molecule has 0 atom stereocenters. The first-order chi connectivity index (χ1) is 10.3. The van der Waals surface area contributed by atoms with E-state index in [0.29, 0.717) is 0 Å². The van der Waals surface area contributed by atoms with Crippen LogP contribution >= 0.6 is 0 Å². The maximum absolute atomic E-state index is 4.04. The van der Waals surface area contributed by atoms with Crippen molar-refractivity contribution in [2.45, 2.75) is 25.8 Å². The highest BCUT2D eigenvalue weighted by atomic mass is 15.1. The van der Waals surface area contributed by atoms with Crippen molar-refractivity contribution in [3.8, 4) is 0 Å². The number of pyridine rings is 1. The van der Waals surface area contributed by atoms with E-state index in [1.807, 2.05) is 12.4 Å². The SMILES string of the molecule is CN1CCCc2cc(CNCCc3ccncc3)ccc21. The fraction of sp³-hybridized carbons (Fsp3) is 0.389. The van der Waals surface area contributed by atoms with Gasteiger partial charge in [0.15, 0.2) is 0 Å². The molecule has 0 unspecified atom stereocenters. The average Bonchev–Trinajstić information content (AvgIpc) is 2.53. The van der Waals surface area contributed by atoms with Gasteiger partial charge in [-0.1, -0.05) is 12.1 Å². The van der Waals surface area contributed by atoms with Gasteiger partial charge in [-0.3, -0.25) is 4.98 Å². The zero-order chi connectivity index (χ0) is 14.5. The molecule has 3 nitrogen and oxygen atoms in total. The monoisotopic (exact) mass is 281 g/mol. The van der Waals surface area contributed by atoms with E-state index in [1.165, 1.54) is 41.8 Å². The second kappa shape index (κ2) is 6.72. The van der Waals surface area contributed by atoms with Gasteiger partial charge >= 0.3 is 0 Å². The lowest BCUT2D eigenvalue weighted by Crippen LogP contribution is -2.25. The van der Waals surface area contributed by atoms with Gasteiger partial charge in [0.1, 0.15) is 0 Å². The minimum absolute atomic E-state index is 0.947. The van der Waals surface area contributed by atoms with Crippen molar-refractivity contribution in [1.82, 2.24) is 10.3 Å². The maximum atomic E-state index is 4.04. The fourth-order valence-electron chi connectivity index (χ4n) is 2.96. The minimum Gasteiger partial charge on any atom is -0.374 e. The second-order valence-electron chi connectivity index (χ2n) is 5.77. The van der Waals surface area contributed by atoms with E-state index in [4.69, 9.17) is 0 Å². The Hall–Kier alpha value is -1.87. The zero-order valence-electron chi connectivity index (χ0n) is 12.7. The van der Waals surface area contributed by atoms with Crippen molar-refractivity contribution < 1.29 is 0 Å². The molecular formula is C18H23N3. The third-order valence-electron chi connectivity index (χ3n) is 4.16. The van der Waals surface area contributed by atoms with E-state index in [1.54, 1.807) is 0 Å². The van der Waals surface area contributed by atoms with Crippen LogP contribution in [0.4, 0.5) is 5.69 Å². The number of aryl methyl sites for hydroxylation is 1. The molecule has 0 spiro atoms. The van der Waals surface area contributed by atoms with E-state index in [9.17, 15) is 0 Å². The molecule has 3 rings (SSSR count). The summed E-state index contributed by atoms with van der Waals surface area (Å²) >= 11 is 0. The maximum Gasteiger partial charge on any atom is 0.0396 e. The Morgan fingerprint density at radius 2 is 2.00 bits per heavy atom. The normalized spacial score (nSPS) is 14.0. The highest BCUT2D eigenvalue weighted by Crippen LogP contribution is 2.26. The number of nitrogens with zero attached hydrogens (tertiary/aromatic N) is 2. The molecule has 0 saturated heterocycles. The first-order valence-electron chi connectivity index (χ1n) is 7.75. The topological polar surface area (TPSA) is 28.2 Å². The third-order valence-corrected chi connectivity index (χ3v) is 4.16. The Balaban J connectivity index is 1.52. The number of nitrogens with one attached hydrogen (secondary N) is 1. The van der Waals surface area contributed by atoms with Gasteiger partial charge in [0.25, 0.3) is 0 Å². The lowest BCUT2D eigenvalue weighted by atomic mass is 9.99. The number of hydrogen-bond acceptors (Lipinski definition) is 3. The summed E-state index contributed by atoms with van der Waals surface area (Å²) in [4.78, 5) is 6.40. The van der Waals surface area contributed by atoms with Crippen LogP contribution in [-0.4, -0.2) is 25.1 Å². The van der Waals surface area contributed by atoms with E-state index < -0.39 is 0 Å². The van der Waals surface area contributed by atoms with E-state index in [0.717, 1.165) is 19.5 Å². The molecule has 110 valence electrons. The Morgan fingerprint density at radius 1 is 1.14 bits per heavy atom. The molecule has 0 bridgehead atoms. The van der Waals surface area contributed by atoms with Crippen LogP contribution < -0.4 is 10.2 Å². The Bertz CT molecular complexity index is 580. The van der Waals surface area contributed by atoms with Crippen LogP contribution in [0.1, 0.15) is 23.1 Å². The number of hydrogen-bond donors (Lipinski definition) is 1. The van der Waals surface area contributed by atoms with Crippen LogP contribution in [0, 0.1) is 0 Å². The number of fused-ring (bicyclic) bond motifs is 1. The van der Waals surface area contributed by atoms with E-state index >= 15 is 0 Å². The lowest BCUT2D eigenvalue weighted by molar-refractivity contribution is 0.683. The molecule has 1 aromatic heterocycles. The van der Waals surface area contributed by atoms with Crippen LogP contribution in [0.5, 0.6) is 0 Å². The molecule has 2 aromatic rings. The molecule has 1 aliphatic heterocycles. The fourth-order valence-corrected chi connectivity index (χ4v) is 2.96. The molecule has 0 aliphatic carbocycles. The zero-order valence-corrected chi connectivity index (χ0v) is 12.7. The minimum atomic E-state index is 0.947. The van der Waals surface area contributed by atoms with Crippen molar-refractivity contribution in [1.29, 1.82) is 0 Å². The van der Waals surface area contributed by atoms with Gasteiger partial charge in [-0.15, -0.1) is 0 Å². The van der Waals surface area contributed by atoms with Crippen LogP contribution in [0.25, 0.3) is 0 Å². The molecule has 1 N–H and O–H groups in total. The Kier molecular flexibility index (Phi) is 4.51. The van der Waals surface area contributed by atoms with Gasteiger partial charge in [-0.25, -0.2) is 0 Å². The molecule has 0 amide bonds. The highest BCUT2D eigenvalue weighted by molar-refractivity contribution is 5.56. The molecule has 1 aromatic carbocycles. The largest absolute Gasteiger partial charge is 0.374 e. The first-order valence-corrected chi connectivity index (χ1v) is 7.75. The molecule has 0 saturated carbocycles. The van der Waals surface area contributed by atoms with Crippen molar-refractivity contribution in [3.05, 3.63) is 59.4 Å². The van der Waals surface area contributed by atoms with Gasteiger partial charge in [0, 0.05) is 38.2 Å². The van der Waals surface area contributed by atoms with Crippen LogP contribution in [0.15, 0.2) is 42.7 Å². The van der Waals surface area contributed by atoms with Crippen molar-refractivity contribution in [2.75, 3.05) is 25.0 Å². The number of rotatable bonds is 5. The molecule has 0 radical (unpaired) electrons. The van der Waals surface area contributed by atoms with E-state index in [-0.39, 0.29) is 0 Å². The molecule has 0 fully saturated rings. The summed E-state index contributed by atoms with van der Waals surface area (Å²) in [6.45, 7) is 3.12. The average molecular weight is 281 g/mol. The van der Waals surface area contributed by atoms with Crippen LogP contribution in [0.2, 0.25) is 0 Å². The Morgan fingerprint density at radius 3 is 2.86 bits per heavy atom. The summed E-state index contributed by atoms with van der Waals surface area (Å²) in [5.74, 6) is 0. The van der Waals surface area contributed by atoms with Crippen LogP contribution in [0.3, 0.4) is 0 Å². The van der Waals surface area contributed by atoms with E-state index in [2.05, 4.69) is 52.6 Å². The molecule has 2 heterocycles. The van der Waals surface area contributed by atoms with Gasteiger partial charge in [-0.2, -0.15) is 0 Å². The molecule has 1 aliphatic rings. The molecule has 3 heteroatoms. The van der Waals surface area contributed by atoms with Crippen molar-refractivity contribution in [2.24, 2.45) is 0 Å². The Labute approximate surface area is 127 Å². The van der Waals surface area contributed by atoms with Gasteiger partial charge in [0.2, 0.25) is 0 Å². The van der Waals surface area contributed by atoms with Gasteiger partial charge < -0.3 is 10.2 Å². The number of benzene rings is 1. The summed E-state index contributed by atoms with van der Waals surface area (Å²) in [6.07, 6.45) is 7.24. The van der Waals surface area contributed by atoms with Crippen LogP contribution in [-0.2, 0) is 19.4 Å². The third kappa shape index (κ3) is 3.61. The molecular weight excluding hydrogens is 258 g/mol. The number of aromatic nitrogens is 1. The standard InChI is InChI=1S/C18H23N3/c1-21-12-2-3-17-13-16(4-5-18(17)21)14-20-11-8-15-6-9-19-10-7-15/h4-7,9-10,13,20H,2-3,8,11-12,14H2,1H3. The molecule has 21 heavy (non-hydrogen) atoms. The van der Waals surface area contributed by atoms with Crippen molar-refractivity contribution in [3.63, 3.8) is 0 Å². The summed E-state index contributed by atoms with van der Waals surface area (Å²) in [5, 5.41) is 3.53. The van der Waals surface area contributed by atoms with Crippen molar-refractivity contribution >= 4 is 5.69 Å². The summed E-state index contributed by atoms with van der Waals surface area (Å²) in [7, 11) is 2.19. The second-order valence-corrected chi connectivity index (χ2v) is 5.77. The summed E-state index contributed by atoms with van der Waals surface area (Å²) in [6, 6.07) is 11.0. The smallest absolute Gasteiger partial charge is 0.0396 e. The summed E-state index contributed by atoms with van der Waals surface area (Å²) < 4.78 is 0. The highest BCUT2D eigenvalue weighted by Gasteiger charge is 2.13. The summed E-state index contributed by atoms with van der Waals surface area (Å²) in [5.41, 5.74) is 5.63.